The molecule has 0 aliphatic rings. The third-order valence-electron chi connectivity index (χ3n) is 6.30. The summed E-state index contributed by atoms with van der Waals surface area (Å²) in [5, 5.41) is 9.42. The van der Waals surface area contributed by atoms with Crippen LogP contribution in [-0.2, 0) is 4.79 Å². The van der Waals surface area contributed by atoms with Crippen molar-refractivity contribution in [1.82, 2.24) is 15.2 Å². The molecule has 6 aromatic rings. The second-order valence-corrected chi connectivity index (χ2v) is 9.69. The second kappa shape index (κ2) is 9.28. The maximum Gasteiger partial charge on any atom is 0.250 e. The van der Waals surface area contributed by atoms with Gasteiger partial charge in [-0.2, -0.15) is 5.10 Å². The Labute approximate surface area is 225 Å². The summed E-state index contributed by atoms with van der Waals surface area (Å²) < 4.78 is 6.81. The summed E-state index contributed by atoms with van der Waals surface area (Å²) >= 11 is 3.36. The fourth-order valence-corrected chi connectivity index (χ4v) is 4.95. The third-order valence-corrected chi connectivity index (χ3v) is 6.79. The summed E-state index contributed by atoms with van der Waals surface area (Å²) in [7, 11) is 0. The molecule has 0 fully saturated rings. The van der Waals surface area contributed by atoms with Gasteiger partial charge in [-0.3, -0.25) is 19.6 Å². The molecule has 6 rings (SSSR count). The first-order valence-corrected chi connectivity index (χ1v) is 12.5. The minimum atomic E-state index is -0.636. The Kier molecular flexibility index (Phi) is 5.77. The Morgan fingerprint density at radius 2 is 1.76 bits per heavy atom. The lowest BCUT2D eigenvalue weighted by atomic mass is 10.1. The molecule has 0 bridgehead atoms. The molecule has 0 radical (unpaired) electrons. The van der Waals surface area contributed by atoms with Crippen LogP contribution in [0.3, 0.4) is 0 Å². The molecule has 38 heavy (non-hydrogen) atoms. The van der Waals surface area contributed by atoms with Crippen molar-refractivity contribution in [2.45, 2.75) is 6.92 Å². The van der Waals surface area contributed by atoms with Gasteiger partial charge in [0.2, 0.25) is 11.8 Å². The zero-order valence-electron chi connectivity index (χ0n) is 20.1. The number of hydrogen-bond donors (Lipinski definition) is 2. The van der Waals surface area contributed by atoms with Crippen LogP contribution in [0, 0.1) is 0 Å². The molecule has 8 nitrogen and oxygen atoms in total. The molecule has 2 aromatic heterocycles. The van der Waals surface area contributed by atoms with Crippen molar-refractivity contribution < 1.29 is 14.0 Å². The van der Waals surface area contributed by atoms with Gasteiger partial charge in [0.1, 0.15) is 5.52 Å². The van der Waals surface area contributed by atoms with E-state index in [1.54, 1.807) is 30.5 Å². The summed E-state index contributed by atoms with van der Waals surface area (Å²) in [6.45, 7) is 1.43. The number of amides is 2. The van der Waals surface area contributed by atoms with Gasteiger partial charge in [0.15, 0.2) is 5.58 Å². The van der Waals surface area contributed by atoms with E-state index in [0.29, 0.717) is 38.6 Å². The Morgan fingerprint density at radius 1 is 0.974 bits per heavy atom. The molecule has 4 aromatic carbocycles. The van der Waals surface area contributed by atoms with Crippen LogP contribution < -0.4 is 10.6 Å². The van der Waals surface area contributed by atoms with Gasteiger partial charge in [-0.05, 0) is 53.2 Å². The van der Waals surface area contributed by atoms with E-state index in [9.17, 15) is 9.59 Å². The summed E-state index contributed by atoms with van der Waals surface area (Å²) in [6, 6.07) is 24.4. The number of aromatic nitrogens is 3. The number of fused-ring (bicyclic) bond motifs is 2. The highest BCUT2D eigenvalue weighted by molar-refractivity contribution is 9.10. The van der Waals surface area contributed by atoms with Gasteiger partial charge in [-0.25, -0.2) is 4.98 Å². The number of H-pyrrole nitrogens is 1. The molecule has 0 saturated heterocycles. The summed E-state index contributed by atoms with van der Waals surface area (Å²) in [6.07, 6.45) is 1.66. The number of rotatable bonds is 5. The summed E-state index contributed by atoms with van der Waals surface area (Å²) in [5.74, 6) is -0.484. The van der Waals surface area contributed by atoms with Crippen molar-refractivity contribution in [2.24, 2.45) is 5.73 Å². The van der Waals surface area contributed by atoms with Crippen molar-refractivity contribution in [3.05, 3.63) is 95.1 Å². The molecule has 2 heterocycles. The molecule has 3 N–H and O–H groups in total. The molecule has 0 unspecified atom stereocenters. The topological polar surface area (TPSA) is 118 Å². The van der Waals surface area contributed by atoms with E-state index < -0.39 is 5.91 Å². The molecular formula is C29H20BrN5O3. The highest BCUT2D eigenvalue weighted by Crippen LogP contribution is 2.36. The van der Waals surface area contributed by atoms with Crippen LogP contribution in [0.15, 0.2) is 93.9 Å². The van der Waals surface area contributed by atoms with E-state index in [4.69, 9.17) is 15.1 Å². The Bertz CT molecular complexity index is 1820. The van der Waals surface area contributed by atoms with Gasteiger partial charge in [0, 0.05) is 22.6 Å². The van der Waals surface area contributed by atoms with Crippen molar-refractivity contribution in [1.29, 1.82) is 0 Å². The van der Waals surface area contributed by atoms with Crippen LogP contribution in [0.25, 0.3) is 44.6 Å². The van der Waals surface area contributed by atoms with Gasteiger partial charge >= 0.3 is 0 Å². The lowest BCUT2D eigenvalue weighted by molar-refractivity contribution is -0.115. The summed E-state index contributed by atoms with van der Waals surface area (Å²) in [4.78, 5) is 31.1. The molecular weight excluding hydrogens is 546 g/mol. The van der Waals surface area contributed by atoms with Crippen LogP contribution in [0.2, 0.25) is 0 Å². The van der Waals surface area contributed by atoms with E-state index >= 15 is 0 Å². The third kappa shape index (κ3) is 4.12. The smallest absolute Gasteiger partial charge is 0.250 e. The number of halogens is 1. The van der Waals surface area contributed by atoms with E-state index in [2.05, 4.69) is 26.1 Å². The van der Waals surface area contributed by atoms with E-state index in [1.165, 1.54) is 11.8 Å². The Balaban J connectivity index is 1.44. The molecule has 9 heteroatoms. The quantitative estimate of drug-likeness (QED) is 0.244. The lowest BCUT2D eigenvalue weighted by Crippen LogP contribution is -2.26. The molecule has 2 amide bonds. The van der Waals surface area contributed by atoms with Crippen LogP contribution >= 0.6 is 15.9 Å². The number of hydrogen-bond acceptors (Lipinski definition) is 5. The van der Waals surface area contributed by atoms with Crippen LogP contribution in [-0.4, -0.2) is 27.0 Å². The molecule has 0 saturated carbocycles. The molecule has 0 spiro atoms. The number of nitrogens with one attached hydrogen (secondary N) is 1. The Hall–Kier alpha value is -4.76. The van der Waals surface area contributed by atoms with Crippen LogP contribution in [0.5, 0.6) is 0 Å². The number of anilines is 2. The first-order valence-electron chi connectivity index (χ1n) is 11.7. The van der Waals surface area contributed by atoms with Gasteiger partial charge in [0.05, 0.1) is 28.7 Å². The Morgan fingerprint density at radius 3 is 2.53 bits per heavy atom. The fourth-order valence-electron chi connectivity index (χ4n) is 4.59. The maximum atomic E-state index is 12.8. The number of nitrogens with two attached hydrogens (primary N) is 1. The van der Waals surface area contributed by atoms with Gasteiger partial charge in [-0.1, -0.05) is 52.3 Å². The molecule has 0 aliphatic heterocycles. The van der Waals surface area contributed by atoms with Crippen LogP contribution in [0.4, 0.5) is 11.4 Å². The first-order chi connectivity index (χ1) is 18.4. The number of carbonyl (C=O) groups is 2. The molecule has 186 valence electrons. The van der Waals surface area contributed by atoms with Crippen molar-refractivity contribution in [3.63, 3.8) is 0 Å². The largest absolute Gasteiger partial charge is 0.436 e. The van der Waals surface area contributed by atoms with E-state index in [0.717, 1.165) is 21.9 Å². The second-order valence-electron chi connectivity index (χ2n) is 8.78. The van der Waals surface area contributed by atoms with Gasteiger partial charge in [-0.15, -0.1) is 0 Å². The maximum absolute atomic E-state index is 12.8. The van der Waals surface area contributed by atoms with Crippen molar-refractivity contribution >= 4 is 61.0 Å². The minimum Gasteiger partial charge on any atom is -0.436 e. The van der Waals surface area contributed by atoms with Crippen molar-refractivity contribution in [3.8, 4) is 22.7 Å². The van der Waals surface area contributed by atoms with E-state index in [-0.39, 0.29) is 11.5 Å². The number of primary amides is 1. The normalized spacial score (nSPS) is 11.2. The lowest BCUT2D eigenvalue weighted by Gasteiger charge is -2.24. The fraction of sp³-hybridized carbons (Fsp3) is 0.0345. The average molecular weight is 566 g/mol. The predicted molar refractivity (Wildman–Crippen MR) is 150 cm³/mol. The number of aromatic amines is 1. The first kappa shape index (κ1) is 23.6. The van der Waals surface area contributed by atoms with Gasteiger partial charge in [0.25, 0.3) is 5.91 Å². The van der Waals surface area contributed by atoms with Crippen molar-refractivity contribution in [2.75, 3.05) is 4.90 Å². The number of carbonyl (C=O) groups excluding carboxylic acids is 2. The average Bonchev–Trinajstić information content (AvgIpc) is 3.55. The summed E-state index contributed by atoms with van der Waals surface area (Å²) in [5.41, 5.74) is 10.3. The number of benzene rings is 4. The number of nitrogens with zero attached hydrogens (tertiary/aromatic N) is 3. The van der Waals surface area contributed by atoms with E-state index in [1.807, 2.05) is 54.6 Å². The molecule has 0 atom stereocenters. The monoisotopic (exact) mass is 565 g/mol. The standard InChI is InChI=1S/C29H20BrN5O3/c1-16(36)35(25-10-9-20(30)14-22(25)28(31)37)21-8-4-7-19(11-21)27-23(15-32-34-27)29-33-24-12-17-5-2-3-6-18(17)13-26(24)38-29/h2-15H,1H3,(H2,31,37)(H,32,34). The number of oxazole rings is 1. The minimum absolute atomic E-state index is 0.223. The zero-order chi connectivity index (χ0) is 26.4. The van der Waals surface area contributed by atoms with Gasteiger partial charge < -0.3 is 10.2 Å². The zero-order valence-corrected chi connectivity index (χ0v) is 21.7. The van der Waals surface area contributed by atoms with Crippen LogP contribution in [0.1, 0.15) is 17.3 Å². The molecule has 0 aliphatic carbocycles. The highest BCUT2D eigenvalue weighted by Gasteiger charge is 2.22. The highest BCUT2D eigenvalue weighted by atomic mass is 79.9. The SMILES string of the molecule is CC(=O)N(c1cccc(-c2[nH]ncc2-c2nc3cc4ccccc4cc3o2)c1)c1ccc(Br)cc1C(N)=O. The predicted octanol–water partition coefficient (Wildman–Crippen LogP) is 6.58.